The largest absolute Gasteiger partial charge is 0.361 e. The lowest BCUT2D eigenvalue weighted by Crippen LogP contribution is -2.40. The van der Waals surface area contributed by atoms with E-state index >= 15 is 0 Å². The molecule has 2 heterocycles. The van der Waals surface area contributed by atoms with Crippen LogP contribution in [0.4, 0.5) is 0 Å². The summed E-state index contributed by atoms with van der Waals surface area (Å²) in [6, 6.07) is 14.3. The van der Waals surface area contributed by atoms with Crippen molar-refractivity contribution in [2.45, 2.75) is 37.6 Å². The van der Waals surface area contributed by atoms with Crippen LogP contribution in [0, 0.1) is 0 Å². The summed E-state index contributed by atoms with van der Waals surface area (Å²) in [4.78, 5) is 18.2. The third kappa shape index (κ3) is 4.57. The molecule has 2 N–H and O–H groups in total. The third-order valence-electron chi connectivity index (χ3n) is 5.28. The molecule has 6 nitrogen and oxygen atoms in total. The van der Waals surface area contributed by atoms with Gasteiger partial charge in [-0.2, -0.15) is 0 Å². The molecule has 1 aliphatic rings. The molecule has 0 spiro atoms. The predicted molar refractivity (Wildman–Crippen MR) is 123 cm³/mol. The molecule has 162 valence electrons. The number of hydrogen-bond donors (Lipinski definition) is 2. The number of nitrogens with zero attached hydrogens (tertiary/aromatic N) is 1. The van der Waals surface area contributed by atoms with Crippen LogP contribution in [0.5, 0.6) is 0 Å². The Morgan fingerprint density at radius 1 is 1.06 bits per heavy atom. The van der Waals surface area contributed by atoms with Gasteiger partial charge in [0.05, 0.1) is 4.90 Å². The number of H-pyrrole nitrogens is 1. The number of aromatic nitrogens is 1. The summed E-state index contributed by atoms with van der Waals surface area (Å²) >= 11 is 0. The smallest absolute Gasteiger partial charge is 0.254 e. The van der Waals surface area contributed by atoms with Crippen LogP contribution in [-0.2, 0) is 10.0 Å². The molecule has 0 unspecified atom stereocenters. The van der Waals surface area contributed by atoms with E-state index in [0.717, 1.165) is 11.9 Å². The average Bonchev–Trinajstić information content (AvgIpc) is 3.16. The molecule has 1 amide bonds. The number of nitrogens with one attached hydrogen (secondary N) is 2. The molecule has 31 heavy (non-hydrogen) atoms. The van der Waals surface area contributed by atoms with Crippen molar-refractivity contribution in [3.63, 3.8) is 0 Å². The van der Waals surface area contributed by atoms with E-state index in [-0.39, 0.29) is 10.8 Å². The van der Waals surface area contributed by atoms with Crippen LogP contribution in [0.25, 0.3) is 16.5 Å². The van der Waals surface area contributed by atoms with Gasteiger partial charge in [-0.15, -0.1) is 0 Å². The van der Waals surface area contributed by atoms with E-state index in [1.807, 2.05) is 18.3 Å². The zero-order valence-electron chi connectivity index (χ0n) is 18.0. The number of amides is 1. The molecular weight excluding hydrogens is 410 g/mol. The van der Waals surface area contributed by atoms with Gasteiger partial charge in [-0.1, -0.05) is 24.3 Å². The van der Waals surface area contributed by atoms with Crippen molar-refractivity contribution in [2.24, 2.45) is 0 Å². The molecule has 0 aliphatic carbocycles. The SMILES string of the molecule is CC(C)(C)NS(=O)(=O)c1ccc(C(=O)N2CC=C(c3c[nH]c4ccccc34)CC2)cc1. The monoisotopic (exact) mass is 437 g/mol. The van der Waals surface area contributed by atoms with Crippen molar-refractivity contribution in [3.05, 3.63) is 71.9 Å². The Morgan fingerprint density at radius 3 is 2.42 bits per heavy atom. The lowest BCUT2D eigenvalue weighted by atomic mass is 9.98. The second kappa shape index (κ2) is 7.98. The molecule has 3 aromatic rings. The molecule has 0 bridgehead atoms. The Kier molecular flexibility index (Phi) is 5.49. The number of carbonyl (C=O) groups excluding carboxylic acids is 1. The van der Waals surface area contributed by atoms with E-state index in [9.17, 15) is 13.2 Å². The fraction of sp³-hybridized carbons (Fsp3) is 0.292. The number of para-hydroxylation sites is 1. The molecule has 1 aromatic heterocycles. The topological polar surface area (TPSA) is 82.3 Å². The number of fused-ring (bicyclic) bond motifs is 1. The van der Waals surface area contributed by atoms with E-state index in [4.69, 9.17) is 0 Å². The van der Waals surface area contributed by atoms with Crippen LogP contribution in [0.3, 0.4) is 0 Å². The molecule has 0 saturated heterocycles. The van der Waals surface area contributed by atoms with Gasteiger partial charge in [0.15, 0.2) is 0 Å². The van der Waals surface area contributed by atoms with Crippen molar-refractivity contribution < 1.29 is 13.2 Å². The Morgan fingerprint density at radius 2 is 1.77 bits per heavy atom. The quantitative estimate of drug-likeness (QED) is 0.643. The molecule has 0 radical (unpaired) electrons. The predicted octanol–water partition coefficient (Wildman–Crippen LogP) is 4.17. The van der Waals surface area contributed by atoms with Crippen LogP contribution in [0.1, 0.15) is 43.1 Å². The highest BCUT2D eigenvalue weighted by Gasteiger charge is 2.24. The summed E-state index contributed by atoms with van der Waals surface area (Å²) in [6.45, 7) is 6.51. The minimum atomic E-state index is -3.62. The third-order valence-corrected chi connectivity index (χ3v) is 7.06. The molecule has 4 rings (SSSR count). The minimum Gasteiger partial charge on any atom is -0.361 e. The van der Waals surface area contributed by atoms with Crippen molar-refractivity contribution in [2.75, 3.05) is 13.1 Å². The van der Waals surface area contributed by atoms with E-state index < -0.39 is 15.6 Å². The Hall–Kier alpha value is -2.90. The first-order valence-corrected chi connectivity index (χ1v) is 11.8. The summed E-state index contributed by atoms with van der Waals surface area (Å²) in [5.41, 5.74) is 3.43. The van der Waals surface area contributed by atoms with Crippen molar-refractivity contribution >= 4 is 32.4 Å². The van der Waals surface area contributed by atoms with Crippen LogP contribution in [0.2, 0.25) is 0 Å². The fourth-order valence-corrected chi connectivity index (χ4v) is 5.28. The van der Waals surface area contributed by atoms with Gasteiger partial charge in [-0.3, -0.25) is 4.79 Å². The van der Waals surface area contributed by atoms with Gasteiger partial charge in [-0.05, 0) is 63.1 Å². The Bertz CT molecular complexity index is 1250. The average molecular weight is 438 g/mol. The van der Waals surface area contributed by atoms with Crippen LogP contribution >= 0.6 is 0 Å². The normalized spacial score (nSPS) is 15.2. The van der Waals surface area contributed by atoms with Gasteiger partial charge in [0.1, 0.15) is 0 Å². The van der Waals surface area contributed by atoms with Gasteiger partial charge in [0, 0.05) is 46.9 Å². The maximum absolute atomic E-state index is 12.9. The highest BCUT2D eigenvalue weighted by molar-refractivity contribution is 7.89. The van der Waals surface area contributed by atoms with E-state index in [1.54, 1.807) is 37.8 Å². The molecule has 2 aromatic carbocycles. The number of carbonyl (C=O) groups is 1. The first-order chi connectivity index (χ1) is 14.6. The summed E-state index contributed by atoms with van der Waals surface area (Å²) in [6.07, 6.45) is 4.90. The summed E-state index contributed by atoms with van der Waals surface area (Å²) in [7, 11) is -3.62. The van der Waals surface area contributed by atoms with E-state index in [0.29, 0.717) is 18.7 Å². The first kappa shape index (κ1) is 21.3. The van der Waals surface area contributed by atoms with E-state index in [1.165, 1.54) is 28.7 Å². The Labute approximate surface area is 183 Å². The van der Waals surface area contributed by atoms with Crippen molar-refractivity contribution in [3.8, 4) is 0 Å². The molecular formula is C24H27N3O3S. The number of hydrogen-bond acceptors (Lipinski definition) is 3. The van der Waals surface area contributed by atoms with Crippen LogP contribution in [-0.4, -0.2) is 42.8 Å². The number of sulfonamides is 1. The maximum Gasteiger partial charge on any atom is 0.254 e. The van der Waals surface area contributed by atoms with Crippen molar-refractivity contribution in [1.82, 2.24) is 14.6 Å². The van der Waals surface area contributed by atoms with Gasteiger partial charge >= 0.3 is 0 Å². The van der Waals surface area contributed by atoms with Crippen LogP contribution < -0.4 is 4.72 Å². The second-order valence-electron chi connectivity index (χ2n) is 8.86. The number of rotatable bonds is 4. The molecule has 0 saturated carbocycles. The van der Waals surface area contributed by atoms with Gasteiger partial charge in [-0.25, -0.2) is 13.1 Å². The zero-order valence-corrected chi connectivity index (χ0v) is 18.8. The van der Waals surface area contributed by atoms with Gasteiger partial charge < -0.3 is 9.88 Å². The maximum atomic E-state index is 12.9. The molecule has 0 atom stereocenters. The highest BCUT2D eigenvalue weighted by atomic mass is 32.2. The van der Waals surface area contributed by atoms with Gasteiger partial charge in [0.25, 0.3) is 5.91 Å². The molecule has 7 heteroatoms. The second-order valence-corrected chi connectivity index (χ2v) is 10.5. The van der Waals surface area contributed by atoms with Gasteiger partial charge in [0.2, 0.25) is 10.0 Å². The zero-order chi connectivity index (χ0) is 22.2. The number of benzene rings is 2. The lowest BCUT2D eigenvalue weighted by molar-refractivity contribution is 0.0773. The molecule has 1 aliphatic heterocycles. The lowest BCUT2D eigenvalue weighted by Gasteiger charge is -2.26. The molecule has 0 fully saturated rings. The summed E-state index contributed by atoms with van der Waals surface area (Å²) in [5, 5.41) is 1.19. The number of aromatic amines is 1. The van der Waals surface area contributed by atoms with Crippen molar-refractivity contribution in [1.29, 1.82) is 0 Å². The fourth-order valence-electron chi connectivity index (χ4n) is 3.86. The van der Waals surface area contributed by atoms with E-state index in [2.05, 4.69) is 27.9 Å². The minimum absolute atomic E-state index is 0.0954. The highest BCUT2D eigenvalue weighted by Crippen LogP contribution is 2.29. The van der Waals surface area contributed by atoms with Crippen LogP contribution in [0.15, 0.2) is 65.7 Å². The summed E-state index contributed by atoms with van der Waals surface area (Å²) < 4.78 is 27.5. The standard InChI is InChI=1S/C24H27N3O3S/c1-24(2,3)26-31(29,30)19-10-8-18(9-11-19)23(28)27-14-12-17(13-15-27)21-16-25-22-7-5-4-6-20(21)22/h4-12,16,25-26H,13-15H2,1-3H3. The Balaban J connectivity index is 1.47. The summed E-state index contributed by atoms with van der Waals surface area (Å²) in [5.74, 6) is -0.0954. The first-order valence-electron chi connectivity index (χ1n) is 10.3.